The van der Waals surface area contributed by atoms with E-state index in [1.807, 2.05) is 18.2 Å². The standard InChI is InChI=1S/C14H19NO4/c1-3-10-4-5-12(18-2)11(6-10)15-7-14(13(16)17)8-19-9-14/h4-6,15H,3,7-9H2,1-2H3,(H,16,17). The third-order valence-corrected chi connectivity index (χ3v) is 3.50. The number of hydrogen-bond donors (Lipinski definition) is 2. The highest BCUT2D eigenvalue weighted by atomic mass is 16.5. The average molecular weight is 265 g/mol. The predicted octanol–water partition coefficient (Wildman–Crippen LogP) is 1.77. The quantitative estimate of drug-likeness (QED) is 0.820. The fraction of sp³-hybridized carbons (Fsp3) is 0.500. The number of nitrogens with one attached hydrogen (secondary N) is 1. The Morgan fingerprint density at radius 1 is 1.53 bits per heavy atom. The van der Waals surface area contributed by atoms with E-state index < -0.39 is 11.4 Å². The van der Waals surface area contributed by atoms with Gasteiger partial charge in [0, 0.05) is 6.54 Å². The third kappa shape index (κ3) is 2.66. The van der Waals surface area contributed by atoms with Crippen LogP contribution in [0.2, 0.25) is 0 Å². The summed E-state index contributed by atoms with van der Waals surface area (Å²) in [6, 6.07) is 5.89. The molecule has 5 nitrogen and oxygen atoms in total. The summed E-state index contributed by atoms with van der Waals surface area (Å²) in [5, 5.41) is 12.4. The lowest BCUT2D eigenvalue weighted by Crippen LogP contribution is -2.53. The molecule has 0 aromatic heterocycles. The zero-order valence-electron chi connectivity index (χ0n) is 11.2. The molecule has 2 rings (SSSR count). The molecule has 0 amide bonds. The number of ether oxygens (including phenoxy) is 2. The van der Waals surface area contributed by atoms with Gasteiger partial charge >= 0.3 is 5.97 Å². The zero-order valence-corrected chi connectivity index (χ0v) is 11.2. The maximum absolute atomic E-state index is 11.3. The minimum Gasteiger partial charge on any atom is -0.495 e. The molecular formula is C14H19NO4. The Morgan fingerprint density at radius 3 is 2.74 bits per heavy atom. The number of carboxylic acids is 1. The second kappa shape index (κ2) is 5.48. The molecular weight excluding hydrogens is 246 g/mol. The van der Waals surface area contributed by atoms with E-state index in [2.05, 4.69) is 12.2 Å². The second-order valence-electron chi connectivity index (χ2n) is 4.82. The van der Waals surface area contributed by atoms with Crippen molar-refractivity contribution >= 4 is 11.7 Å². The molecule has 104 valence electrons. The summed E-state index contributed by atoms with van der Waals surface area (Å²) in [7, 11) is 1.60. The van der Waals surface area contributed by atoms with Gasteiger partial charge in [-0.05, 0) is 24.1 Å². The Hall–Kier alpha value is -1.75. The van der Waals surface area contributed by atoms with Crippen molar-refractivity contribution in [2.45, 2.75) is 13.3 Å². The summed E-state index contributed by atoms with van der Waals surface area (Å²) in [6.45, 7) is 2.92. The van der Waals surface area contributed by atoms with Gasteiger partial charge in [0.1, 0.15) is 11.2 Å². The molecule has 1 aromatic rings. The van der Waals surface area contributed by atoms with Crippen LogP contribution >= 0.6 is 0 Å². The van der Waals surface area contributed by atoms with Crippen molar-refractivity contribution in [3.8, 4) is 5.75 Å². The Morgan fingerprint density at radius 2 is 2.26 bits per heavy atom. The molecule has 19 heavy (non-hydrogen) atoms. The molecule has 0 saturated carbocycles. The first kappa shape index (κ1) is 13.7. The van der Waals surface area contributed by atoms with Crippen LogP contribution in [0.5, 0.6) is 5.75 Å². The number of carbonyl (C=O) groups is 1. The van der Waals surface area contributed by atoms with Crippen LogP contribution in [0, 0.1) is 5.41 Å². The van der Waals surface area contributed by atoms with E-state index in [0.717, 1.165) is 17.9 Å². The average Bonchev–Trinajstić information content (AvgIpc) is 2.36. The van der Waals surface area contributed by atoms with Gasteiger partial charge in [-0.15, -0.1) is 0 Å². The molecule has 0 bridgehead atoms. The summed E-state index contributed by atoms with van der Waals surface area (Å²) in [6.07, 6.45) is 0.922. The van der Waals surface area contributed by atoms with Crippen molar-refractivity contribution in [3.05, 3.63) is 23.8 Å². The number of aryl methyl sites for hydroxylation is 1. The van der Waals surface area contributed by atoms with Crippen LogP contribution in [-0.4, -0.2) is 37.9 Å². The number of benzene rings is 1. The molecule has 0 spiro atoms. The van der Waals surface area contributed by atoms with E-state index in [9.17, 15) is 9.90 Å². The molecule has 2 N–H and O–H groups in total. The molecule has 0 atom stereocenters. The van der Waals surface area contributed by atoms with Crippen LogP contribution in [0.3, 0.4) is 0 Å². The second-order valence-corrected chi connectivity index (χ2v) is 4.82. The zero-order chi connectivity index (χ0) is 13.9. The fourth-order valence-electron chi connectivity index (χ4n) is 2.03. The van der Waals surface area contributed by atoms with Gasteiger partial charge in [0.2, 0.25) is 0 Å². The van der Waals surface area contributed by atoms with Crippen LogP contribution < -0.4 is 10.1 Å². The SMILES string of the molecule is CCc1ccc(OC)c(NCC2(C(=O)O)COC2)c1. The third-order valence-electron chi connectivity index (χ3n) is 3.50. The summed E-state index contributed by atoms with van der Waals surface area (Å²) in [5.74, 6) is -0.102. The summed E-state index contributed by atoms with van der Waals surface area (Å²) in [5.41, 5.74) is 1.19. The molecule has 0 radical (unpaired) electrons. The first-order chi connectivity index (χ1) is 9.11. The van der Waals surface area contributed by atoms with E-state index in [4.69, 9.17) is 9.47 Å². The topological polar surface area (TPSA) is 67.8 Å². The van der Waals surface area contributed by atoms with Crippen molar-refractivity contribution in [1.82, 2.24) is 0 Å². The normalized spacial score (nSPS) is 16.5. The summed E-state index contributed by atoms with van der Waals surface area (Å²) >= 11 is 0. The lowest BCUT2D eigenvalue weighted by Gasteiger charge is -2.37. The Labute approximate surface area is 112 Å². The number of carboxylic acid groups (broad SMARTS) is 1. The summed E-state index contributed by atoms with van der Waals surface area (Å²) in [4.78, 5) is 11.3. The van der Waals surface area contributed by atoms with Gasteiger partial charge in [-0.25, -0.2) is 0 Å². The minimum absolute atomic E-state index is 0.255. The van der Waals surface area contributed by atoms with Crippen LogP contribution in [0.15, 0.2) is 18.2 Å². The summed E-state index contributed by atoms with van der Waals surface area (Å²) < 4.78 is 10.3. The molecule has 1 aliphatic heterocycles. The molecule has 1 heterocycles. The molecule has 5 heteroatoms. The van der Waals surface area contributed by atoms with Gasteiger partial charge in [-0.2, -0.15) is 0 Å². The van der Waals surface area contributed by atoms with E-state index in [0.29, 0.717) is 6.54 Å². The van der Waals surface area contributed by atoms with Gasteiger partial charge in [-0.1, -0.05) is 13.0 Å². The van der Waals surface area contributed by atoms with E-state index >= 15 is 0 Å². The van der Waals surface area contributed by atoms with Crippen LogP contribution in [0.4, 0.5) is 5.69 Å². The number of anilines is 1. The van der Waals surface area contributed by atoms with E-state index in [1.54, 1.807) is 7.11 Å². The largest absolute Gasteiger partial charge is 0.495 e. The lowest BCUT2D eigenvalue weighted by atomic mass is 9.86. The number of hydrogen-bond acceptors (Lipinski definition) is 4. The molecule has 0 aliphatic carbocycles. The first-order valence-electron chi connectivity index (χ1n) is 6.33. The molecule has 1 saturated heterocycles. The number of aliphatic carboxylic acids is 1. The van der Waals surface area contributed by atoms with Gasteiger partial charge in [-0.3, -0.25) is 4.79 Å². The first-order valence-corrected chi connectivity index (χ1v) is 6.33. The fourth-order valence-corrected chi connectivity index (χ4v) is 2.03. The van der Waals surface area contributed by atoms with Crippen molar-refractivity contribution in [3.63, 3.8) is 0 Å². The van der Waals surface area contributed by atoms with Crippen molar-refractivity contribution in [2.75, 3.05) is 32.2 Å². The van der Waals surface area contributed by atoms with E-state index in [1.165, 1.54) is 5.56 Å². The van der Waals surface area contributed by atoms with Crippen LogP contribution in [0.1, 0.15) is 12.5 Å². The van der Waals surface area contributed by atoms with Crippen molar-refractivity contribution in [1.29, 1.82) is 0 Å². The van der Waals surface area contributed by atoms with Crippen LogP contribution in [-0.2, 0) is 16.0 Å². The number of methoxy groups -OCH3 is 1. The maximum Gasteiger partial charge on any atom is 0.316 e. The van der Waals surface area contributed by atoms with Gasteiger partial charge in [0.25, 0.3) is 0 Å². The lowest BCUT2D eigenvalue weighted by molar-refractivity contribution is -0.176. The van der Waals surface area contributed by atoms with Crippen LogP contribution in [0.25, 0.3) is 0 Å². The molecule has 1 fully saturated rings. The van der Waals surface area contributed by atoms with E-state index in [-0.39, 0.29) is 13.2 Å². The Bertz CT molecular complexity index is 469. The molecule has 1 aromatic carbocycles. The molecule has 1 aliphatic rings. The van der Waals surface area contributed by atoms with Gasteiger partial charge in [0.05, 0.1) is 26.0 Å². The predicted molar refractivity (Wildman–Crippen MR) is 71.7 cm³/mol. The highest BCUT2D eigenvalue weighted by Gasteiger charge is 2.46. The smallest absolute Gasteiger partial charge is 0.316 e. The van der Waals surface area contributed by atoms with Crippen molar-refractivity contribution in [2.24, 2.45) is 5.41 Å². The minimum atomic E-state index is -0.822. The Kier molecular flexibility index (Phi) is 3.95. The number of rotatable bonds is 6. The molecule has 0 unspecified atom stereocenters. The maximum atomic E-state index is 11.3. The van der Waals surface area contributed by atoms with Gasteiger partial charge < -0.3 is 19.9 Å². The van der Waals surface area contributed by atoms with Crippen molar-refractivity contribution < 1.29 is 19.4 Å². The van der Waals surface area contributed by atoms with Gasteiger partial charge in [0.15, 0.2) is 0 Å². The monoisotopic (exact) mass is 265 g/mol. The highest BCUT2D eigenvalue weighted by molar-refractivity contribution is 5.77. The highest BCUT2D eigenvalue weighted by Crippen LogP contribution is 2.31. The Balaban J connectivity index is 2.12.